The first-order valence-electron chi connectivity index (χ1n) is 8.38. The van der Waals surface area contributed by atoms with Gasteiger partial charge in [0.15, 0.2) is 0 Å². The fourth-order valence-electron chi connectivity index (χ4n) is 2.57. The standard InChI is InChI=1S/C19H24N2O4S/c1-4-25-18-11-10-16(12-14(18)2)26(23,24)21-17(19(22)20-3)13-15-8-6-5-7-9-15/h5-12,17,21H,4,13H2,1-3H3,(H,20,22)/t17-/m1/s1. The van der Waals surface area contributed by atoms with Gasteiger partial charge in [0.1, 0.15) is 11.8 Å². The highest BCUT2D eigenvalue weighted by atomic mass is 32.2. The predicted octanol–water partition coefficient (Wildman–Crippen LogP) is 2.03. The second kappa shape index (κ2) is 8.82. The topological polar surface area (TPSA) is 84.5 Å². The highest BCUT2D eigenvalue weighted by molar-refractivity contribution is 7.89. The summed E-state index contributed by atoms with van der Waals surface area (Å²) in [7, 11) is -2.37. The van der Waals surface area contributed by atoms with E-state index in [2.05, 4.69) is 10.0 Å². The molecule has 2 aromatic carbocycles. The van der Waals surface area contributed by atoms with Crippen molar-refractivity contribution in [2.24, 2.45) is 0 Å². The summed E-state index contributed by atoms with van der Waals surface area (Å²) in [5.74, 6) is 0.249. The molecule has 1 amide bonds. The summed E-state index contributed by atoms with van der Waals surface area (Å²) in [6.07, 6.45) is 0.260. The number of nitrogens with one attached hydrogen (secondary N) is 2. The van der Waals surface area contributed by atoms with Gasteiger partial charge in [-0.3, -0.25) is 4.79 Å². The summed E-state index contributed by atoms with van der Waals surface area (Å²) in [5, 5.41) is 2.51. The Balaban J connectivity index is 2.25. The van der Waals surface area contributed by atoms with Crippen LogP contribution in [-0.4, -0.2) is 34.0 Å². The molecule has 140 valence electrons. The lowest BCUT2D eigenvalue weighted by atomic mass is 10.1. The van der Waals surface area contributed by atoms with Crippen LogP contribution in [0.15, 0.2) is 53.4 Å². The van der Waals surface area contributed by atoms with Crippen LogP contribution in [0.2, 0.25) is 0 Å². The summed E-state index contributed by atoms with van der Waals surface area (Å²) >= 11 is 0. The van der Waals surface area contributed by atoms with E-state index < -0.39 is 16.1 Å². The van der Waals surface area contributed by atoms with Crippen molar-refractivity contribution in [1.29, 1.82) is 0 Å². The van der Waals surface area contributed by atoms with E-state index in [0.29, 0.717) is 17.9 Å². The van der Waals surface area contributed by atoms with Gasteiger partial charge in [0.25, 0.3) is 0 Å². The van der Waals surface area contributed by atoms with Gasteiger partial charge in [-0.05, 0) is 49.6 Å². The third kappa shape index (κ3) is 5.06. The fourth-order valence-corrected chi connectivity index (χ4v) is 3.85. The van der Waals surface area contributed by atoms with Gasteiger partial charge in [-0.25, -0.2) is 8.42 Å². The van der Waals surface area contributed by atoms with Crippen molar-refractivity contribution in [2.75, 3.05) is 13.7 Å². The fraction of sp³-hybridized carbons (Fsp3) is 0.316. The first-order chi connectivity index (χ1) is 12.4. The minimum absolute atomic E-state index is 0.0976. The van der Waals surface area contributed by atoms with Crippen LogP contribution in [-0.2, 0) is 21.2 Å². The average molecular weight is 376 g/mol. The van der Waals surface area contributed by atoms with Gasteiger partial charge >= 0.3 is 0 Å². The van der Waals surface area contributed by atoms with Crippen LogP contribution in [0.25, 0.3) is 0 Å². The SMILES string of the molecule is CCOc1ccc(S(=O)(=O)N[C@H](Cc2ccccc2)C(=O)NC)cc1C. The van der Waals surface area contributed by atoms with Crippen LogP contribution in [0.4, 0.5) is 0 Å². The van der Waals surface area contributed by atoms with Crippen molar-refractivity contribution in [3.8, 4) is 5.75 Å². The lowest BCUT2D eigenvalue weighted by molar-refractivity contribution is -0.122. The van der Waals surface area contributed by atoms with Crippen molar-refractivity contribution in [2.45, 2.75) is 31.2 Å². The van der Waals surface area contributed by atoms with Gasteiger partial charge in [0.2, 0.25) is 15.9 Å². The quantitative estimate of drug-likeness (QED) is 0.738. The molecular formula is C19H24N2O4S. The predicted molar refractivity (Wildman–Crippen MR) is 101 cm³/mol. The summed E-state index contributed by atoms with van der Waals surface area (Å²) in [6, 6.07) is 13.0. The molecule has 2 aromatic rings. The Kier molecular flexibility index (Phi) is 6.76. The summed E-state index contributed by atoms with van der Waals surface area (Å²) in [4.78, 5) is 12.3. The van der Waals surface area contributed by atoms with E-state index in [1.54, 1.807) is 13.0 Å². The molecule has 0 saturated carbocycles. The molecule has 0 aliphatic heterocycles. The van der Waals surface area contributed by atoms with Gasteiger partial charge in [0.05, 0.1) is 11.5 Å². The number of carbonyl (C=O) groups is 1. The van der Waals surface area contributed by atoms with E-state index in [4.69, 9.17) is 4.74 Å². The van der Waals surface area contributed by atoms with Crippen molar-refractivity contribution in [1.82, 2.24) is 10.0 Å². The molecule has 0 fully saturated rings. The lowest BCUT2D eigenvalue weighted by Gasteiger charge is -2.18. The Morgan fingerprint density at radius 3 is 2.42 bits per heavy atom. The van der Waals surface area contributed by atoms with Crippen molar-refractivity contribution < 1.29 is 17.9 Å². The third-order valence-electron chi connectivity index (χ3n) is 3.90. The number of benzene rings is 2. The second-order valence-corrected chi connectivity index (χ2v) is 7.55. The monoisotopic (exact) mass is 376 g/mol. The Morgan fingerprint density at radius 2 is 1.85 bits per heavy atom. The van der Waals surface area contributed by atoms with Gasteiger partial charge in [0, 0.05) is 7.05 Å². The Hall–Kier alpha value is -2.38. The molecular weight excluding hydrogens is 352 g/mol. The van der Waals surface area contributed by atoms with Crippen LogP contribution in [0, 0.1) is 6.92 Å². The number of sulfonamides is 1. The van der Waals surface area contributed by atoms with Crippen molar-refractivity contribution >= 4 is 15.9 Å². The molecule has 0 aliphatic rings. The second-order valence-electron chi connectivity index (χ2n) is 5.84. The first-order valence-corrected chi connectivity index (χ1v) is 9.87. The normalized spacial score (nSPS) is 12.4. The van der Waals surface area contributed by atoms with Crippen LogP contribution in [0.1, 0.15) is 18.1 Å². The molecule has 7 heteroatoms. The van der Waals surface area contributed by atoms with Gasteiger partial charge in [-0.1, -0.05) is 30.3 Å². The van der Waals surface area contributed by atoms with E-state index in [9.17, 15) is 13.2 Å². The smallest absolute Gasteiger partial charge is 0.241 e. The maximum atomic E-state index is 12.7. The zero-order valence-corrected chi connectivity index (χ0v) is 16.0. The number of aryl methyl sites for hydroxylation is 1. The van der Waals surface area contributed by atoms with E-state index in [0.717, 1.165) is 5.56 Å². The molecule has 0 heterocycles. The van der Waals surface area contributed by atoms with Gasteiger partial charge in [-0.15, -0.1) is 0 Å². The Morgan fingerprint density at radius 1 is 1.15 bits per heavy atom. The van der Waals surface area contributed by atoms with E-state index in [1.807, 2.05) is 37.3 Å². The highest BCUT2D eigenvalue weighted by Crippen LogP contribution is 2.22. The van der Waals surface area contributed by atoms with Gasteiger partial charge < -0.3 is 10.1 Å². The van der Waals surface area contributed by atoms with Crippen LogP contribution < -0.4 is 14.8 Å². The zero-order valence-electron chi connectivity index (χ0n) is 15.2. The van der Waals surface area contributed by atoms with Crippen molar-refractivity contribution in [3.63, 3.8) is 0 Å². The minimum atomic E-state index is -3.86. The molecule has 1 atom stereocenters. The molecule has 0 bridgehead atoms. The summed E-state index contributed by atoms with van der Waals surface area (Å²) in [5.41, 5.74) is 1.58. The number of carbonyl (C=O) groups excluding carboxylic acids is 1. The van der Waals surface area contributed by atoms with Gasteiger partial charge in [-0.2, -0.15) is 4.72 Å². The molecule has 0 aromatic heterocycles. The number of ether oxygens (including phenoxy) is 1. The van der Waals surface area contributed by atoms with Crippen LogP contribution in [0.3, 0.4) is 0 Å². The lowest BCUT2D eigenvalue weighted by Crippen LogP contribution is -2.46. The number of hydrogen-bond acceptors (Lipinski definition) is 4. The first kappa shape index (κ1) is 19.9. The molecule has 0 spiro atoms. The molecule has 0 aliphatic carbocycles. The largest absolute Gasteiger partial charge is 0.494 e. The number of amides is 1. The molecule has 0 radical (unpaired) electrons. The molecule has 26 heavy (non-hydrogen) atoms. The molecule has 2 rings (SSSR count). The summed E-state index contributed by atoms with van der Waals surface area (Å²) in [6.45, 7) is 4.15. The van der Waals surface area contributed by atoms with Crippen LogP contribution in [0.5, 0.6) is 5.75 Å². The number of rotatable bonds is 8. The summed E-state index contributed by atoms with van der Waals surface area (Å²) < 4.78 is 33.4. The third-order valence-corrected chi connectivity index (χ3v) is 5.37. The van der Waals surface area contributed by atoms with E-state index in [1.165, 1.54) is 19.2 Å². The Labute approximate surface area is 154 Å². The van der Waals surface area contributed by atoms with E-state index in [-0.39, 0.29) is 17.2 Å². The molecule has 2 N–H and O–H groups in total. The van der Waals surface area contributed by atoms with E-state index >= 15 is 0 Å². The van der Waals surface area contributed by atoms with Crippen molar-refractivity contribution in [3.05, 3.63) is 59.7 Å². The molecule has 0 unspecified atom stereocenters. The zero-order chi connectivity index (χ0) is 19.2. The number of likely N-dealkylation sites (N-methyl/N-ethyl adjacent to an activating group) is 1. The Bertz CT molecular complexity index is 851. The average Bonchev–Trinajstić information content (AvgIpc) is 2.63. The van der Waals surface area contributed by atoms with Crippen LogP contribution >= 0.6 is 0 Å². The number of hydrogen-bond donors (Lipinski definition) is 2. The maximum Gasteiger partial charge on any atom is 0.241 e. The highest BCUT2D eigenvalue weighted by Gasteiger charge is 2.25. The minimum Gasteiger partial charge on any atom is -0.494 e. The molecule has 0 saturated heterocycles. The maximum absolute atomic E-state index is 12.7. The molecule has 6 nitrogen and oxygen atoms in total.